The Labute approximate surface area is 165 Å². The van der Waals surface area contributed by atoms with E-state index in [4.69, 9.17) is 11.3 Å². The first-order chi connectivity index (χ1) is 9.75. The van der Waals surface area contributed by atoms with Crippen LogP contribution in [-0.2, 0) is 53.5 Å². The van der Waals surface area contributed by atoms with E-state index in [0.29, 0.717) is 28.0 Å². The van der Waals surface area contributed by atoms with Crippen molar-refractivity contribution in [2.75, 3.05) is 0 Å². The number of allylic oxidation sites excluding steroid dienone is 2. The summed E-state index contributed by atoms with van der Waals surface area (Å²) in [6, 6.07) is 1.51. The van der Waals surface area contributed by atoms with Crippen molar-refractivity contribution in [2.45, 2.75) is 34.6 Å². The Morgan fingerprint density at radius 3 is 2.18 bits per heavy atom. The third-order valence-corrected chi connectivity index (χ3v) is 3.09. The number of ether oxygens (including phenoxy) is 1. The summed E-state index contributed by atoms with van der Waals surface area (Å²) in [6.45, 7) is 14.4. The van der Waals surface area contributed by atoms with E-state index in [2.05, 4.69) is 6.26 Å². The zero-order chi connectivity index (χ0) is 16.7. The molecule has 22 heavy (non-hydrogen) atoms. The van der Waals surface area contributed by atoms with Crippen molar-refractivity contribution in [3.8, 4) is 5.75 Å². The van der Waals surface area contributed by atoms with Crippen molar-refractivity contribution < 1.29 is 63.2 Å². The molecule has 1 rings (SSSR count). The van der Waals surface area contributed by atoms with Gasteiger partial charge in [-0.1, -0.05) is 11.1 Å². The molecule has 0 saturated carbocycles. The second-order valence-corrected chi connectivity index (χ2v) is 4.56. The number of nitro groups is 1. The van der Waals surface area contributed by atoms with Crippen LogP contribution in [0.3, 0.4) is 0 Å². The van der Waals surface area contributed by atoms with E-state index in [0.717, 1.165) is 5.56 Å². The minimum absolute atomic E-state index is 0. The summed E-state index contributed by atoms with van der Waals surface area (Å²) in [4.78, 5) is 10.5. The summed E-state index contributed by atoms with van der Waals surface area (Å²) in [6.07, 6.45) is 2.74. The SMILES string of the molecule is [CH-]=C(C)C(C)=[C-]Oc1c(C)cc([N+](=O)[O-])c(C)c1C.[W].[W]=[W]. The van der Waals surface area contributed by atoms with Gasteiger partial charge in [0.1, 0.15) is 0 Å². The van der Waals surface area contributed by atoms with Gasteiger partial charge in [0.2, 0.25) is 0 Å². The van der Waals surface area contributed by atoms with E-state index in [1.54, 1.807) is 67.1 Å². The number of rotatable bonds is 4. The van der Waals surface area contributed by atoms with Crippen LogP contribution in [0.2, 0.25) is 0 Å². The maximum atomic E-state index is 10.9. The Balaban J connectivity index is 0. The molecule has 4 nitrogen and oxygen atoms in total. The maximum absolute atomic E-state index is 10.9. The molecule has 0 aliphatic carbocycles. The third kappa shape index (κ3) is 6.61. The van der Waals surface area contributed by atoms with Crippen molar-refractivity contribution in [3.05, 3.63) is 56.9 Å². The Hall–Kier alpha value is -0.0351. The average Bonchev–Trinajstić information content (AvgIpc) is 2.44. The van der Waals surface area contributed by atoms with E-state index >= 15 is 0 Å². The Morgan fingerprint density at radius 1 is 1.27 bits per heavy atom. The Bertz CT molecular complexity index is 598. The Kier molecular flexibility index (Phi) is 12.7. The quantitative estimate of drug-likeness (QED) is 0.152. The number of hydrogen-bond acceptors (Lipinski definition) is 3. The van der Waals surface area contributed by atoms with Gasteiger partial charge in [-0.3, -0.25) is 15.7 Å². The predicted octanol–water partition coefficient (Wildman–Crippen LogP) is 3.98. The fourth-order valence-electron chi connectivity index (χ4n) is 1.59. The molecule has 7 heteroatoms. The molecule has 0 bridgehead atoms. The van der Waals surface area contributed by atoms with Crippen molar-refractivity contribution in [3.63, 3.8) is 0 Å². The van der Waals surface area contributed by atoms with Gasteiger partial charge in [-0.05, 0) is 20.8 Å². The number of aryl methyl sites for hydroxylation is 1. The van der Waals surface area contributed by atoms with Crippen LogP contribution < -0.4 is 4.74 Å². The van der Waals surface area contributed by atoms with Crippen LogP contribution in [0.25, 0.3) is 0 Å². The fraction of sp³-hybridized carbons (Fsp3) is 0.333. The van der Waals surface area contributed by atoms with Gasteiger partial charge in [-0.15, -0.1) is 20.1 Å². The molecular weight excluding hydrogens is 794 g/mol. The van der Waals surface area contributed by atoms with Gasteiger partial charge in [0.25, 0.3) is 5.69 Å². The molecule has 0 fully saturated rings. The molecule has 0 heterocycles. The van der Waals surface area contributed by atoms with Crippen molar-refractivity contribution in [2.24, 2.45) is 0 Å². The number of nitro benzene ring substituents is 1. The van der Waals surface area contributed by atoms with Gasteiger partial charge < -0.3 is 16.9 Å². The molecule has 0 radical (unpaired) electrons. The summed E-state index contributed by atoms with van der Waals surface area (Å²) < 4.78 is 5.50. The molecule has 1 aromatic rings. The summed E-state index contributed by atoms with van der Waals surface area (Å²) in [5, 5.41) is 10.9. The van der Waals surface area contributed by atoms with Gasteiger partial charge in [-0.25, -0.2) is 0 Å². The van der Waals surface area contributed by atoms with Crippen LogP contribution in [0.1, 0.15) is 30.5 Å². The molecule has 0 saturated heterocycles. The van der Waals surface area contributed by atoms with Crippen molar-refractivity contribution >= 4 is 5.69 Å². The topological polar surface area (TPSA) is 52.4 Å². The van der Waals surface area contributed by atoms with E-state index in [9.17, 15) is 10.1 Å². The van der Waals surface area contributed by atoms with Crippen LogP contribution in [-0.4, -0.2) is 4.92 Å². The second-order valence-electron chi connectivity index (χ2n) is 4.56. The van der Waals surface area contributed by atoms with Crippen molar-refractivity contribution in [1.82, 2.24) is 0 Å². The molecule has 0 unspecified atom stereocenters. The summed E-state index contributed by atoms with van der Waals surface area (Å²) >= 11 is 3.33. The van der Waals surface area contributed by atoms with E-state index < -0.39 is 0 Å². The molecule has 0 aliphatic rings. The van der Waals surface area contributed by atoms with Gasteiger partial charge in [0.05, 0.1) is 4.92 Å². The van der Waals surface area contributed by atoms with E-state index in [1.165, 1.54) is 6.07 Å². The molecule has 0 N–H and O–H groups in total. The Morgan fingerprint density at radius 2 is 1.77 bits per heavy atom. The van der Waals surface area contributed by atoms with Crippen molar-refractivity contribution in [1.29, 1.82) is 0 Å². The molecule has 0 atom stereocenters. The first-order valence-corrected chi connectivity index (χ1v) is 17.0. The zero-order valence-electron chi connectivity index (χ0n) is 13.1. The van der Waals surface area contributed by atoms with Crippen LogP contribution in [0.15, 0.2) is 17.2 Å². The molecule has 0 spiro atoms. The third-order valence-electron chi connectivity index (χ3n) is 3.09. The first-order valence-electron chi connectivity index (χ1n) is 6.03. The molecule has 120 valence electrons. The summed E-state index contributed by atoms with van der Waals surface area (Å²) in [5.74, 6) is 0.587. The van der Waals surface area contributed by atoms with Gasteiger partial charge in [0.15, 0.2) is 0 Å². The second kappa shape index (κ2) is 11.5. The number of benzene rings is 1. The molecular formula is C15H17NO3W3-2. The predicted molar refractivity (Wildman–Crippen MR) is 73.9 cm³/mol. The number of hydrogen-bond donors (Lipinski definition) is 0. The van der Waals surface area contributed by atoms with Crippen LogP contribution >= 0.6 is 0 Å². The van der Waals surface area contributed by atoms with Gasteiger partial charge in [-0.2, -0.15) is 0 Å². The monoisotopic (exact) mass is 811 g/mol. The molecule has 1 aromatic carbocycles. The standard InChI is InChI=1S/C15H17NO3.3W/c1-9(2)11(4)8-19-15-10(3)7-14(16(17)18)12(5)13(15)6;;;/h1,7H,2-6H3;;;/q-2;;;. The van der Waals surface area contributed by atoms with Crippen LogP contribution in [0.5, 0.6) is 5.75 Å². The normalized spacial score (nSPS) is 9.95. The zero-order valence-corrected chi connectivity index (χ0v) is 21.9. The molecule has 0 amide bonds. The van der Waals surface area contributed by atoms with Crippen LogP contribution in [0.4, 0.5) is 5.69 Å². The van der Waals surface area contributed by atoms with Gasteiger partial charge in [0, 0.05) is 38.4 Å². The summed E-state index contributed by atoms with van der Waals surface area (Å²) in [7, 11) is 0. The minimum atomic E-state index is -0.387. The molecule has 0 aliphatic heterocycles. The summed E-state index contributed by atoms with van der Waals surface area (Å²) in [5.41, 5.74) is 3.46. The van der Waals surface area contributed by atoms with Gasteiger partial charge >= 0.3 is 32.4 Å². The molecule has 0 aromatic heterocycles. The first kappa shape index (κ1) is 24.2. The fourth-order valence-corrected chi connectivity index (χ4v) is 1.59. The van der Waals surface area contributed by atoms with Crippen LogP contribution in [0, 0.1) is 43.7 Å². The average molecular weight is 811 g/mol. The van der Waals surface area contributed by atoms with E-state index in [1.807, 2.05) is 0 Å². The van der Waals surface area contributed by atoms with E-state index in [-0.39, 0.29) is 31.7 Å². The number of nitrogens with zero attached hydrogens (tertiary/aromatic N) is 1.